The summed E-state index contributed by atoms with van der Waals surface area (Å²) in [6, 6.07) is 41.3. The molecule has 0 aliphatic heterocycles. The van der Waals surface area contributed by atoms with E-state index in [0.717, 1.165) is 11.4 Å². The SMILES string of the molecule is Cc1ccc2sc3ccc(-c4cccc(Nc5ccccc5-c5ccccc5)c4)cc3c2c1. The minimum Gasteiger partial charge on any atom is -0.355 e. The first-order valence-electron chi connectivity index (χ1n) is 11.2. The molecular formula is C31H23NS. The third-order valence-corrected chi connectivity index (χ3v) is 7.26. The van der Waals surface area contributed by atoms with Crippen LogP contribution in [0.3, 0.4) is 0 Å². The van der Waals surface area contributed by atoms with E-state index in [1.54, 1.807) is 0 Å². The maximum absolute atomic E-state index is 3.65. The second kappa shape index (κ2) is 8.23. The predicted octanol–water partition coefficient (Wildman–Crippen LogP) is 9.44. The van der Waals surface area contributed by atoms with Gasteiger partial charge in [0.1, 0.15) is 0 Å². The van der Waals surface area contributed by atoms with Crippen LogP contribution >= 0.6 is 11.3 Å². The predicted molar refractivity (Wildman–Crippen MR) is 145 cm³/mol. The topological polar surface area (TPSA) is 12.0 Å². The van der Waals surface area contributed by atoms with E-state index >= 15 is 0 Å². The van der Waals surface area contributed by atoms with E-state index in [1.165, 1.54) is 48.0 Å². The summed E-state index contributed by atoms with van der Waals surface area (Å²) >= 11 is 1.87. The Morgan fingerprint density at radius 1 is 0.545 bits per heavy atom. The molecule has 33 heavy (non-hydrogen) atoms. The van der Waals surface area contributed by atoms with Crippen molar-refractivity contribution in [2.75, 3.05) is 5.32 Å². The molecule has 0 spiro atoms. The number of fused-ring (bicyclic) bond motifs is 3. The van der Waals surface area contributed by atoms with Crippen molar-refractivity contribution in [3.63, 3.8) is 0 Å². The Bertz CT molecular complexity index is 1590. The van der Waals surface area contributed by atoms with Crippen molar-refractivity contribution in [1.29, 1.82) is 0 Å². The minimum atomic E-state index is 1.09. The van der Waals surface area contributed by atoms with Gasteiger partial charge in [0.25, 0.3) is 0 Å². The molecule has 0 aliphatic carbocycles. The molecular weight excluding hydrogens is 418 g/mol. The van der Waals surface area contributed by atoms with Gasteiger partial charge in [0.15, 0.2) is 0 Å². The van der Waals surface area contributed by atoms with Crippen LogP contribution in [-0.2, 0) is 0 Å². The van der Waals surface area contributed by atoms with Crippen LogP contribution in [0.25, 0.3) is 42.4 Å². The van der Waals surface area contributed by atoms with E-state index in [-0.39, 0.29) is 0 Å². The van der Waals surface area contributed by atoms with E-state index in [2.05, 4.69) is 128 Å². The van der Waals surface area contributed by atoms with Crippen molar-refractivity contribution in [2.45, 2.75) is 6.92 Å². The van der Waals surface area contributed by atoms with Gasteiger partial charge >= 0.3 is 0 Å². The number of hydrogen-bond acceptors (Lipinski definition) is 2. The van der Waals surface area contributed by atoms with E-state index in [4.69, 9.17) is 0 Å². The molecule has 0 saturated heterocycles. The number of anilines is 2. The third kappa shape index (κ3) is 3.79. The number of rotatable bonds is 4. The van der Waals surface area contributed by atoms with Gasteiger partial charge in [-0.05, 0) is 66.1 Å². The number of benzene rings is 5. The Morgan fingerprint density at radius 2 is 1.24 bits per heavy atom. The number of nitrogens with one attached hydrogen (secondary N) is 1. The lowest BCUT2D eigenvalue weighted by Gasteiger charge is -2.13. The maximum Gasteiger partial charge on any atom is 0.0463 e. The van der Waals surface area contributed by atoms with Crippen LogP contribution in [-0.4, -0.2) is 0 Å². The summed E-state index contributed by atoms with van der Waals surface area (Å²) in [5.41, 5.74) is 8.36. The van der Waals surface area contributed by atoms with E-state index in [9.17, 15) is 0 Å². The van der Waals surface area contributed by atoms with Crippen LogP contribution in [0, 0.1) is 6.92 Å². The van der Waals surface area contributed by atoms with Gasteiger partial charge in [-0.25, -0.2) is 0 Å². The summed E-state index contributed by atoms with van der Waals surface area (Å²) in [5, 5.41) is 6.34. The molecule has 0 atom stereocenters. The van der Waals surface area contributed by atoms with E-state index in [1.807, 2.05) is 11.3 Å². The van der Waals surface area contributed by atoms with Gasteiger partial charge in [-0.1, -0.05) is 78.4 Å². The first-order chi connectivity index (χ1) is 16.2. The average molecular weight is 442 g/mol. The van der Waals surface area contributed by atoms with Crippen molar-refractivity contribution in [2.24, 2.45) is 0 Å². The number of aryl methyl sites for hydroxylation is 1. The van der Waals surface area contributed by atoms with E-state index < -0.39 is 0 Å². The fourth-order valence-corrected chi connectivity index (χ4v) is 5.53. The molecule has 0 saturated carbocycles. The highest BCUT2D eigenvalue weighted by atomic mass is 32.1. The number of thiophene rings is 1. The molecule has 1 nitrogen and oxygen atoms in total. The van der Waals surface area contributed by atoms with Crippen LogP contribution in [0.15, 0.2) is 115 Å². The molecule has 0 amide bonds. The van der Waals surface area contributed by atoms with Crippen molar-refractivity contribution >= 4 is 42.9 Å². The Kier molecular flexibility index (Phi) is 4.93. The van der Waals surface area contributed by atoms with Gasteiger partial charge in [-0.2, -0.15) is 0 Å². The van der Waals surface area contributed by atoms with Crippen LogP contribution in [0.2, 0.25) is 0 Å². The molecule has 0 fully saturated rings. The Morgan fingerprint density at radius 3 is 2.12 bits per heavy atom. The van der Waals surface area contributed by atoms with Gasteiger partial charge in [-0.15, -0.1) is 11.3 Å². The first kappa shape index (κ1) is 19.8. The van der Waals surface area contributed by atoms with Gasteiger partial charge in [0.2, 0.25) is 0 Å². The van der Waals surface area contributed by atoms with Crippen LogP contribution in [0.1, 0.15) is 5.56 Å². The summed E-state index contributed by atoms with van der Waals surface area (Å²) in [7, 11) is 0. The Hall–Kier alpha value is -3.88. The lowest BCUT2D eigenvalue weighted by molar-refractivity contribution is 1.52. The zero-order valence-corrected chi connectivity index (χ0v) is 19.2. The fourth-order valence-electron chi connectivity index (χ4n) is 4.46. The highest BCUT2D eigenvalue weighted by Crippen LogP contribution is 2.37. The molecule has 6 aromatic rings. The second-order valence-electron chi connectivity index (χ2n) is 8.43. The van der Waals surface area contributed by atoms with Gasteiger partial charge in [0.05, 0.1) is 0 Å². The van der Waals surface area contributed by atoms with Gasteiger partial charge in [-0.3, -0.25) is 0 Å². The molecule has 158 valence electrons. The Balaban J connectivity index is 1.38. The van der Waals surface area contributed by atoms with Crippen molar-refractivity contribution in [3.8, 4) is 22.3 Å². The molecule has 0 radical (unpaired) electrons. The third-order valence-electron chi connectivity index (χ3n) is 6.11. The highest BCUT2D eigenvalue weighted by molar-refractivity contribution is 7.25. The zero-order chi connectivity index (χ0) is 22.2. The summed E-state index contributed by atoms with van der Waals surface area (Å²) in [4.78, 5) is 0. The molecule has 5 aromatic carbocycles. The maximum atomic E-state index is 3.65. The van der Waals surface area contributed by atoms with Gasteiger partial charge < -0.3 is 5.32 Å². The largest absolute Gasteiger partial charge is 0.355 e. The second-order valence-corrected chi connectivity index (χ2v) is 9.51. The molecule has 0 unspecified atom stereocenters. The number of para-hydroxylation sites is 1. The van der Waals surface area contributed by atoms with Crippen molar-refractivity contribution in [1.82, 2.24) is 0 Å². The van der Waals surface area contributed by atoms with Crippen LogP contribution < -0.4 is 5.32 Å². The number of hydrogen-bond donors (Lipinski definition) is 1. The molecule has 0 aliphatic rings. The van der Waals surface area contributed by atoms with Crippen molar-refractivity contribution in [3.05, 3.63) is 121 Å². The normalized spacial score (nSPS) is 11.2. The standard InChI is InChI=1S/C31H23NS/c1-21-14-16-30-27(18-21)28-20-24(15-17-31(28)33-30)23-10-7-11-25(19-23)32-29-13-6-5-12-26(29)22-8-3-2-4-9-22/h2-20,32H,1H3. The monoisotopic (exact) mass is 441 g/mol. The average Bonchev–Trinajstić information content (AvgIpc) is 3.22. The lowest BCUT2D eigenvalue weighted by atomic mass is 10.0. The lowest BCUT2D eigenvalue weighted by Crippen LogP contribution is -1.93. The molecule has 0 bridgehead atoms. The Labute approximate surface area is 198 Å². The molecule has 2 heteroatoms. The van der Waals surface area contributed by atoms with E-state index in [0.29, 0.717) is 0 Å². The fraction of sp³-hybridized carbons (Fsp3) is 0.0323. The molecule has 1 heterocycles. The summed E-state index contributed by atoms with van der Waals surface area (Å²) in [5.74, 6) is 0. The quantitative estimate of drug-likeness (QED) is 0.287. The minimum absolute atomic E-state index is 1.09. The van der Waals surface area contributed by atoms with Gasteiger partial charge in [0, 0.05) is 37.1 Å². The zero-order valence-electron chi connectivity index (χ0n) is 18.4. The van der Waals surface area contributed by atoms with Crippen molar-refractivity contribution < 1.29 is 0 Å². The summed E-state index contributed by atoms with van der Waals surface area (Å²) in [6.07, 6.45) is 0. The summed E-state index contributed by atoms with van der Waals surface area (Å²) in [6.45, 7) is 2.16. The van der Waals surface area contributed by atoms with Crippen LogP contribution in [0.5, 0.6) is 0 Å². The smallest absolute Gasteiger partial charge is 0.0463 e. The summed E-state index contributed by atoms with van der Waals surface area (Å²) < 4.78 is 2.69. The highest BCUT2D eigenvalue weighted by Gasteiger charge is 2.09. The first-order valence-corrected chi connectivity index (χ1v) is 12.0. The molecule has 1 N–H and O–H groups in total. The molecule has 1 aromatic heterocycles. The molecule has 6 rings (SSSR count). The van der Waals surface area contributed by atoms with Crippen LogP contribution in [0.4, 0.5) is 11.4 Å².